The Balaban J connectivity index is 1.82. The van der Waals surface area contributed by atoms with E-state index in [0.717, 1.165) is 9.26 Å². The number of rotatable bonds is 7. The second-order valence-corrected chi connectivity index (χ2v) is 6.75. The minimum Gasteiger partial charge on any atom is -0.466 e. The van der Waals surface area contributed by atoms with E-state index in [2.05, 4.69) is 38.0 Å². The molecule has 2 rings (SSSR count). The Morgan fingerprint density at radius 1 is 1.48 bits per heavy atom. The van der Waals surface area contributed by atoms with Crippen molar-refractivity contribution in [1.29, 1.82) is 0 Å². The Morgan fingerprint density at radius 2 is 2.26 bits per heavy atom. The van der Waals surface area contributed by atoms with Gasteiger partial charge < -0.3 is 10.1 Å². The van der Waals surface area contributed by atoms with Gasteiger partial charge >= 0.3 is 5.97 Å². The van der Waals surface area contributed by atoms with Gasteiger partial charge in [-0.05, 0) is 36.4 Å². The highest BCUT2D eigenvalue weighted by Crippen LogP contribution is 2.16. The van der Waals surface area contributed by atoms with Crippen molar-refractivity contribution in [2.75, 3.05) is 11.9 Å². The number of amides is 1. The molecule has 0 saturated heterocycles. The third-order valence-corrected chi connectivity index (χ3v) is 4.89. The standard InChI is InChI=1S/C14H17IN4O3S/c1-3-22-13(21)6-10-8-23-14(17-10)18-12(20)4-5-19-9(2)11(15)7-16-19/h7-8H,3-6H2,1-2H3,(H,17,18,20). The summed E-state index contributed by atoms with van der Waals surface area (Å²) in [6, 6.07) is 0. The second-order valence-electron chi connectivity index (χ2n) is 4.73. The number of aryl methyl sites for hydroxylation is 1. The highest BCUT2D eigenvalue weighted by atomic mass is 127. The Morgan fingerprint density at radius 3 is 2.91 bits per heavy atom. The molecule has 0 aliphatic heterocycles. The number of carbonyl (C=O) groups excluding carboxylic acids is 2. The number of esters is 1. The van der Waals surface area contributed by atoms with Crippen LogP contribution in [0.15, 0.2) is 11.6 Å². The van der Waals surface area contributed by atoms with Gasteiger partial charge in [-0.1, -0.05) is 0 Å². The SMILES string of the molecule is CCOC(=O)Cc1csc(NC(=O)CCn2ncc(I)c2C)n1. The van der Waals surface area contributed by atoms with E-state index in [1.165, 1.54) is 11.3 Å². The fourth-order valence-corrected chi connectivity index (χ4v) is 2.97. The highest BCUT2D eigenvalue weighted by molar-refractivity contribution is 14.1. The van der Waals surface area contributed by atoms with Crippen molar-refractivity contribution in [1.82, 2.24) is 14.8 Å². The van der Waals surface area contributed by atoms with Crippen molar-refractivity contribution in [2.45, 2.75) is 33.2 Å². The fraction of sp³-hybridized carbons (Fsp3) is 0.429. The van der Waals surface area contributed by atoms with E-state index in [0.29, 0.717) is 30.4 Å². The third kappa shape index (κ3) is 5.27. The van der Waals surface area contributed by atoms with Crippen LogP contribution in [-0.2, 0) is 27.3 Å². The highest BCUT2D eigenvalue weighted by Gasteiger charge is 2.11. The van der Waals surface area contributed by atoms with Crippen molar-refractivity contribution >= 4 is 50.9 Å². The predicted molar refractivity (Wildman–Crippen MR) is 95.4 cm³/mol. The van der Waals surface area contributed by atoms with Crippen LogP contribution in [-0.4, -0.2) is 33.2 Å². The summed E-state index contributed by atoms with van der Waals surface area (Å²) >= 11 is 3.50. The van der Waals surface area contributed by atoms with Gasteiger partial charge in [-0.25, -0.2) is 4.98 Å². The first-order valence-corrected chi connectivity index (χ1v) is 9.03. The van der Waals surface area contributed by atoms with Gasteiger partial charge in [0.2, 0.25) is 5.91 Å². The molecule has 0 unspecified atom stereocenters. The predicted octanol–water partition coefficient (Wildman–Crippen LogP) is 2.39. The zero-order valence-corrected chi connectivity index (χ0v) is 15.8. The van der Waals surface area contributed by atoms with Crippen LogP contribution in [0.5, 0.6) is 0 Å². The quantitative estimate of drug-likeness (QED) is 0.520. The summed E-state index contributed by atoms with van der Waals surface area (Å²) in [7, 11) is 0. The average Bonchev–Trinajstić information content (AvgIpc) is 3.05. The molecule has 0 bridgehead atoms. The molecule has 23 heavy (non-hydrogen) atoms. The van der Waals surface area contributed by atoms with Gasteiger partial charge in [-0.2, -0.15) is 5.10 Å². The number of carbonyl (C=O) groups is 2. The first-order valence-electron chi connectivity index (χ1n) is 7.07. The molecule has 2 aromatic rings. The van der Waals surface area contributed by atoms with Gasteiger partial charge in [-0.15, -0.1) is 11.3 Å². The molecule has 0 aliphatic carbocycles. The summed E-state index contributed by atoms with van der Waals surface area (Å²) in [5.74, 6) is -0.452. The van der Waals surface area contributed by atoms with Crippen LogP contribution in [0.2, 0.25) is 0 Å². The van der Waals surface area contributed by atoms with E-state index >= 15 is 0 Å². The van der Waals surface area contributed by atoms with E-state index in [1.54, 1.807) is 23.2 Å². The Labute approximate surface area is 151 Å². The van der Waals surface area contributed by atoms with E-state index < -0.39 is 0 Å². The van der Waals surface area contributed by atoms with Gasteiger partial charge in [0, 0.05) is 17.5 Å². The molecule has 0 saturated carbocycles. The molecule has 124 valence electrons. The van der Waals surface area contributed by atoms with E-state index in [4.69, 9.17) is 4.74 Å². The lowest BCUT2D eigenvalue weighted by Crippen LogP contribution is -2.15. The maximum Gasteiger partial charge on any atom is 0.311 e. The number of hydrogen-bond acceptors (Lipinski definition) is 6. The topological polar surface area (TPSA) is 86.1 Å². The normalized spacial score (nSPS) is 10.6. The summed E-state index contributed by atoms with van der Waals surface area (Å²) in [5.41, 5.74) is 1.64. The lowest BCUT2D eigenvalue weighted by molar-refractivity contribution is -0.142. The van der Waals surface area contributed by atoms with Crippen molar-refractivity contribution in [3.8, 4) is 0 Å². The Kier molecular flexibility index (Phi) is 6.51. The van der Waals surface area contributed by atoms with Crippen molar-refractivity contribution in [2.24, 2.45) is 0 Å². The molecular weight excluding hydrogens is 431 g/mol. The first kappa shape index (κ1) is 17.9. The average molecular weight is 448 g/mol. The van der Waals surface area contributed by atoms with Gasteiger partial charge in [0.1, 0.15) is 0 Å². The molecule has 0 spiro atoms. The molecule has 0 atom stereocenters. The van der Waals surface area contributed by atoms with Crippen LogP contribution < -0.4 is 5.32 Å². The largest absolute Gasteiger partial charge is 0.466 e. The lowest BCUT2D eigenvalue weighted by Gasteiger charge is -2.04. The summed E-state index contributed by atoms with van der Waals surface area (Å²) < 4.78 is 7.74. The minimum absolute atomic E-state index is 0.116. The van der Waals surface area contributed by atoms with E-state index in [1.807, 2.05) is 6.92 Å². The lowest BCUT2D eigenvalue weighted by atomic mass is 10.3. The number of nitrogens with one attached hydrogen (secondary N) is 1. The molecule has 2 aromatic heterocycles. The number of halogens is 1. The van der Waals surface area contributed by atoms with Gasteiger partial charge in [0.15, 0.2) is 5.13 Å². The Bertz CT molecular complexity index is 698. The van der Waals surface area contributed by atoms with E-state index in [9.17, 15) is 9.59 Å². The van der Waals surface area contributed by atoms with Crippen molar-refractivity contribution in [3.63, 3.8) is 0 Å². The molecule has 2 heterocycles. The molecule has 9 heteroatoms. The molecular formula is C14H17IN4O3S. The van der Waals surface area contributed by atoms with Crippen LogP contribution in [0.3, 0.4) is 0 Å². The summed E-state index contributed by atoms with van der Waals surface area (Å²) in [4.78, 5) is 27.6. The van der Waals surface area contributed by atoms with Crippen molar-refractivity contribution in [3.05, 3.63) is 26.5 Å². The van der Waals surface area contributed by atoms with Crippen LogP contribution in [0.1, 0.15) is 24.7 Å². The molecule has 0 aliphatic rings. The minimum atomic E-state index is -0.320. The molecule has 1 amide bonds. The monoisotopic (exact) mass is 448 g/mol. The second kappa shape index (κ2) is 8.39. The number of thiazole rings is 1. The number of nitrogens with zero attached hydrogens (tertiary/aromatic N) is 3. The number of aromatic nitrogens is 3. The summed E-state index contributed by atoms with van der Waals surface area (Å²) in [6.07, 6.45) is 2.20. The van der Waals surface area contributed by atoms with Crippen LogP contribution in [0.25, 0.3) is 0 Å². The molecule has 0 radical (unpaired) electrons. The third-order valence-electron chi connectivity index (χ3n) is 3.02. The smallest absolute Gasteiger partial charge is 0.311 e. The zero-order valence-electron chi connectivity index (χ0n) is 12.8. The molecule has 7 nitrogen and oxygen atoms in total. The molecule has 1 N–H and O–H groups in total. The number of hydrogen-bond donors (Lipinski definition) is 1. The summed E-state index contributed by atoms with van der Waals surface area (Å²) in [5, 5.41) is 9.18. The Hall–Kier alpha value is -1.49. The first-order chi connectivity index (χ1) is 11.0. The maximum absolute atomic E-state index is 12.0. The molecule has 0 aromatic carbocycles. The van der Waals surface area contributed by atoms with Crippen LogP contribution in [0, 0.1) is 10.5 Å². The number of anilines is 1. The van der Waals surface area contributed by atoms with Crippen LogP contribution >= 0.6 is 33.9 Å². The fourth-order valence-electron chi connectivity index (χ4n) is 1.84. The number of ether oxygens (including phenoxy) is 1. The zero-order chi connectivity index (χ0) is 16.8. The van der Waals surface area contributed by atoms with Gasteiger partial charge in [-0.3, -0.25) is 14.3 Å². The van der Waals surface area contributed by atoms with E-state index in [-0.39, 0.29) is 18.3 Å². The van der Waals surface area contributed by atoms with Crippen molar-refractivity contribution < 1.29 is 14.3 Å². The maximum atomic E-state index is 12.0. The van der Waals surface area contributed by atoms with Gasteiger partial charge in [0.05, 0.1) is 35.0 Å². The van der Waals surface area contributed by atoms with Gasteiger partial charge in [0.25, 0.3) is 0 Å². The summed E-state index contributed by atoms with van der Waals surface area (Å²) in [6.45, 7) is 4.59. The molecule has 0 fully saturated rings. The van der Waals surface area contributed by atoms with Crippen LogP contribution in [0.4, 0.5) is 5.13 Å².